The fourth-order valence-corrected chi connectivity index (χ4v) is 2.76. The first-order chi connectivity index (χ1) is 15.2. The van der Waals surface area contributed by atoms with Gasteiger partial charge < -0.3 is 15.0 Å². The van der Waals surface area contributed by atoms with Crippen molar-refractivity contribution in [3.8, 4) is 6.07 Å². The Morgan fingerprint density at radius 2 is 2.00 bits per heavy atom. The van der Waals surface area contributed by atoms with Gasteiger partial charge in [0, 0.05) is 5.56 Å². The minimum Gasteiger partial charge on any atom is -0.497 e. The van der Waals surface area contributed by atoms with Crippen molar-refractivity contribution in [1.82, 2.24) is 4.98 Å². The van der Waals surface area contributed by atoms with E-state index in [2.05, 4.69) is 20.6 Å². The van der Waals surface area contributed by atoms with Gasteiger partial charge in [0.25, 0.3) is 0 Å². The Morgan fingerprint density at radius 3 is 2.55 bits per heavy atom. The second-order valence-electron chi connectivity index (χ2n) is 5.80. The maximum absolute atomic E-state index is 13.1. The number of hydrogen-bond donors (Lipinski definition) is 0. The van der Waals surface area contributed by atoms with E-state index in [0.717, 1.165) is 17.3 Å². The number of aryl methyl sites for hydroxylation is 1. The minimum absolute atomic E-state index is 0. The van der Waals surface area contributed by atoms with Gasteiger partial charge in [0.05, 0.1) is 24.6 Å². The Hall–Kier alpha value is -1.68. The Balaban J connectivity index is 0.00000332. The number of nitrogens with zero attached hydrogens (tertiary/aromatic N) is 5. The first-order valence-electron chi connectivity index (χ1n) is 9.36. The van der Waals surface area contributed by atoms with Crippen LogP contribution in [0.5, 0.6) is 0 Å². The van der Waals surface area contributed by atoms with E-state index >= 15 is 0 Å². The first-order valence-corrected chi connectivity index (χ1v) is 9.73. The van der Waals surface area contributed by atoms with Gasteiger partial charge in [-0.15, -0.1) is 0 Å². The summed E-state index contributed by atoms with van der Waals surface area (Å²) in [7, 11) is 2.95. The number of amidine groups is 1. The Morgan fingerprint density at radius 1 is 1.33 bits per heavy atom. The topological polar surface area (TPSA) is 94.0 Å². The number of nitriles is 1. The van der Waals surface area contributed by atoms with Crippen LogP contribution in [-0.2, 0) is 22.5 Å². The molecular formula is C21H22ClF3KN5O2. The third-order valence-electron chi connectivity index (χ3n) is 3.92. The van der Waals surface area contributed by atoms with Crippen LogP contribution in [0.15, 0.2) is 34.6 Å². The molecule has 0 bridgehead atoms. The number of benzene rings is 1. The Labute approximate surface area is 238 Å². The molecule has 1 heterocycles. The molecule has 0 atom stereocenters. The molecular weight excluding hydrogens is 486 g/mol. The molecule has 0 aliphatic rings. The average Bonchev–Trinajstić information content (AvgIpc) is 2.76. The molecule has 1 aromatic heterocycles. The van der Waals surface area contributed by atoms with Gasteiger partial charge in [-0.25, -0.2) is 4.98 Å². The predicted molar refractivity (Wildman–Crippen MR) is 117 cm³/mol. The summed E-state index contributed by atoms with van der Waals surface area (Å²) < 4.78 is 39.4. The van der Waals surface area contributed by atoms with E-state index in [4.69, 9.17) is 26.5 Å². The molecule has 2 rings (SSSR count). The molecule has 2 aromatic rings. The van der Waals surface area contributed by atoms with Crippen LogP contribution in [0.25, 0.3) is 5.32 Å². The van der Waals surface area contributed by atoms with E-state index < -0.39 is 22.5 Å². The van der Waals surface area contributed by atoms with E-state index in [1.807, 2.05) is 32.9 Å². The summed E-state index contributed by atoms with van der Waals surface area (Å²) in [5, 5.41) is 19.9. The molecule has 0 aliphatic heterocycles. The van der Waals surface area contributed by atoms with Crippen molar-refractivity contribution in [1.29, 1.82) is 5.26 Å². The molecule has 0 radical (unpaired) electrons. The first kappa shape index (κ1) is 31.3. The largest absolute Gasteiger partial charge is 1.00 e. The molecule has 0 N–H and O–H groups in total. The molecule has 33 heavy (non-hydrogen) atoms. The maximum Gasteiger partial charge on any atom is 1.00 e. The van der Waals surface area contributed by atoms with Crippen LogP contribution in [0.2, 0.25) is 5.15 Å². The molecule has 0 amide bonds. The van der Waals surface area contributed by atoms with Gasteiger partial charge >= 0.3 is 57.6 Å². The molecule has 1 aromatic carbocycles. The third-order valence-corrected chi connectivity index (χ3v) is 4.19. The van der Waals surface area contributed by atoms with Crippen molar-refractivity contribution in [3.05, 3.63) is 68.2 Å². The van der Waals surface area contributed by atoms with Crippen molar-refractivity contribution in [2.24, 2.45) is 10.3 Å². The van der Waals surface area contributed by atoms with E-state index in [9.17, 15) is 13.2 Å². The second-order valence-corrected chi connectivity index (χ2v) is 6.16. The van der Waals surface area contributed by atoms with Crippen LogP contribution in [0.4, 0.5) is 13.2 Å². The van der Waals surface area contributed by atoms with Gasteiger partial charge in [-0.3, -0.25) is 5.16 Å². The third kappa shape index (κ3) is 8.88. The van der Waals surface area contributed by atoms with Crippen molar-refractivity contribution in [3.63, 3.8) is 0 Å². The molecule has 0 saturated heterocycles. The number of oxime groups is 2. The SMILES string of the molecule is CC.C[N-]/C(=N/OC)c1cccc(C)c1CO/N=C/c1cc(C(F)(F)F)c(C#N)c(Cl)n1.[K+]. The average molecular weight is 508 g/mol. The summed E-state index contributed by atoms with van der Waals surface area (Å²) in [6.07, 6.45) is -3.79. The standard InChI is InChI=1S/C19H16ClF3N5O2.C2H6.K/c1-11-5-4-6-13(18(25-2)28-29-3)15(11)10-30-26-9-12-7-16(19(21,22)23)14(8-24)17(20)27-12;1-2;/h4-7,9H,10H2,1-3H3;1-2H3;/q-1;;+1/b26-9+;;. The monoisotopic (exact) mass is 507 g/mol. The van der Waals surface area contributed by atoms with Crippen LogP contribution in [0.3, 0.4) is 0 Å². The Bertz CT molecular complexity index is 1020. The summed E-state index contributed by atoms with van der Waals surface area (Å²) in [4.78, 5) is 13.8. The smallest absolute Gasteiger partial charge is 0.497 e. The minimum atomic E-state index is -4.77. The summed E-state index contributed by atoms with van der Waals surface area (Å²) in [5.74, 6) is 0.346. The molecule has 0 unspecified atom stereocenters. The van der Waals surface area contributed by atoms with Crippen LogP contribution in [0, 0.1) is 18.3 Å². The number of pyridine rings is 1. The quantitative estimate of drug-likeness (QED) is 0.197. The number of aromatic nitrogens is 1. The van der Waals surface area contributed by atoms with Crippen molar-refractivity contribution >= 4 is 23.7 Å². The maximum atomic E-state index is 13.1. The summed E-state index contributed by atoms with van der Waals surface area (Å²) in [6.45, 7) is 5.84. The number of rotatable bonds is 6. The molecule has 172 valence electrons. The second kappa shape index (κ2) is 15.3. The van der Waals surface area contributed by atoms with Gasteiger partial charge in [0.1, 0.15) is 23.4 Å². The van der Waals surface area contributed by atoms with Gasteiger partial charge in [0.2, 0.25) is 0 Å². The van der Waals surface area contributed by atoms with Gasteiger partial charge in [-0.1, -0.05) is 55.9 Å². The van der Waals surface area contributed by atoms with E-state index in [1.54, 1.807) is 13.1 Å². The molecule has 7 nitrogen and oxygen atoms in total. The van der Waals surface area contributed by atoms with Crippen molar-refractivity contribution < 1.29 is 74.2 Å². The zero-order valence-corrected chi connectivity index (χ0v) is 23.0. The fourth-order valence-electron chi connectivity index (χ4n) is 2.52. The van der Waals surface area contributed by atoms with E-state index in [0.29, 0.717) is 17.5 Å². The normalized spacial score (nSPS) is 11.1. The molecule has 0 aliphatic carbocycles. The molecule has 12 heteroatoms. The predicted octanol–water partition coefficient (Wildman–Crippen LogP) is 2.83. The fraction of sp³-hybridized carbons (Fsp3) is 0.333. The van der Waals surface area contributed by atoms with Crippen LogP contribution in [-0.4, -0.2) is 31.2 Å². The number of hydrogen-bond acceptors (Lipinski definition) is 6. The zero-order chi connectivity index (χ0) is 24.3. The van der Waals surface area contributed by atoms with E-state index in [1.165, 1.54) is 13.2 Å². The number of alkyl halides is 3. The summed E-state index contributed by atoms with van der Waals surface area (Å²) in [6, 6.07) is 7.52. The van der Waals surface area contributed by atoms with Crippen molar-refractivity contribution in [2.75, 3.05) is 14.2 Å². The van der Waals surface area contributed by atoms with Gasteiger partial charge in [-0.05, 0) is 30.0 Å². The van der Waals surface area contributed by atoms with Crippen LogP contribution in [0.1, 0.15) is 47.4 Å². The van der Waals surface area contributed by atoms with Crippen LogP contribution >= 0.6 is 11.6 Å². The van der Waals surface area contributed by atoms with Crippen molar-refractivity contribution in [2.45, 2.75) is 33.6 Å². The van der Waals surface area contributed by atoms with Crippen LogP contribution < -0.4 is 51.4 Å². The molecule has 0 saturated carbocycles. The molecule has 0 fully saturated rings. The number of halogens is 4. The summed E-state index contributed by atoms with van der Waals surface area (Å²) >= 11 is 5.70. The van der Waals surface area contributed by atoms with Gasteiger partial charge in [-0.2, -0.15) is 18.4 Å². The van der Waals surface area contributed by atoms with Gasteiger partial charge in [0.15, 0.2) is 0 Å². The van der Waals surface area contributed by atoms with E-state index in [-0.39, 0.29) is 63.7 Å². The summed E-state index contributed by atoms with van der Waals surface area (Å²) in [5.41, 5.74) is 0.0968. The molecule has 0 spiro atoms. The Kier molecular flexibility index (Phi) is 14.5. The zero-order valence-electron chi connectivity index (χ0n) is 19.2.